The zero-order valence-corrected chi connectivity index (χ0v) is 13.2. The Labute approximate surface area is 124 Å². The molecule has 1 fully saturated rings. The fourth-order valence-electron chi connectivity index (χ4n) is 2.38. The van der Waals surface area contributed by atoms with Crippen molar-refractivity contribution in [3.05, 3.63) is 11.8 Å². The maximum absolute atomic E-state index is 12.3. The first kappa shape index (κ1) is 15.8. The number of aromatic nitrogens is 1. The van der Waals surface area contributed by atoms with Gasteiger partial charge >= 0.3 is 0 Å². The second kappa shape index (κ2) is 6.46. The zero-order valence-electron chi connectivity index (χ0n) is 12.4. The van der Waals surface area contributed by atoms with Crippen molar-refractivity contribution in [3.63, 3.8) is 0 Å². The first-order valence-electron chi connectivity index (χ1n) is 7.07. The van der Waals surface area contributed by atoms with Crippen molar-refractivity contribution in [1.29, 1.82) is 0 Å². The van der Waals surface area contributed by atoms with E-state index in [4.69, 9.17) is 4.52 Å². The van der Waals surface area contributed by atoms with Crippen LogP contribution >= 0.6 is 0 Å². The Morgan fingerprint density at radius 2 is 1.95 bits per heavy atom. The highest BCUT2D eigenvalue weighted by molar-refractivity contribution is 7.92. The number of hydrogen-bond acceptors (Lipinski definition) is 5. The standard InChI is InChI=1S/C13H21N3O4S/c1-11-9-12(14-20-11)16(21(2,18)19)10-13(17)15-7-5-3-4-6-8-15/h9H,3-8,10H2,1-2H3. The van der Waals surface area contributed by atoms with Gasteiger partial charge in [-0.2, -0.15) is 0 Å². The summed E-state index contributed by atoms with van der Waals surface area (Å²) in [5.74, 6) is 0.460. The molecule has 2 rings (SSSR count). The van der Waals surface area contributed by atoms with E-state index in [-0.39, 0.29) is 18.3 Å². The lowest BCUT2D eigenvalue weighted by atomic mass is 10.2. The number of hydrogen-bond donors (Lipinski definition) is 0. The van der Waals surface area contributed by atoms with Crippen molar-refractivity contribution in [2.45, 2.75) is 32.6 Å². The van der Waals surface area contributed by atoms with E-state index < -0.39 is 10.0 Å². The molecule has 1 aliphatic heterocycles. The second-order valence-electron chi connectivity index (χ2n) is 5.36. The third-order valence-electron chi connectivity index (χ3n) is 3.51. The molecular formula is C13H21N3O4S. The largest absolute Gasteiger partial charge is 0.360 e. The summed E-state index contributed by atoms with van der Waals surface area (Å²) in [6.07, 6.45) is 5.22. The summed E-state index contributed by atoms with van der Waals surface area (Å²) >= 11 is 0. The molecule has 1 amide bonds. The lowest BCUT2D eigenvalue weighted by Gasteiger charge is -2.24. The molecule has 7 nitrogen and oxygen atoms in total. The minimum Gasteiger partial charge on any atom is -0.360 e. The van der Waals surface area contributed by atoms with E-state index >= 15 is 0 Å². The maximum atomic E-state index is 12.3. The average molecular weight is 315 g/mol. The number of carbonyl (C=O) groups excluding carboxylic acids is 1. The fraction of sp³-hybridized carbons (Fsp3) is 0.692. The monoisotopic (exact) mass is 315 g/mol. The van der Waals surface area contributed by atoms with Gasteiger partial charge in [-0.3, -0.25) is 4.79 Å². The zero-order chi connectivity index (χ0) is 15.5. The summed E-state index contributed by atoms with van der Waals surface area (Å²) in [7, 11) is -3.58. The average Bonchev–Trinajstić information content (AvgIpc) is 2.66. The number of amides is 1. The van der Waals surface area contributed by atoms with Gasteiger partial charge in [-0.25, -0.2) is 12.7 Å². The predicted molar refractivity (Wildman–Crippen MR) is 78.5 cm³/mol. The summed E-state index contributed by atoms with van der Waals surface area (Å²) in [6.45, 7) is 2.82. The van der Waals surface area contributed by atoms with E-state index in [0.29, 0.717) is 18.8 Å². The van der Waals surface area contributed by atoms with Crippen LogP contribution in [0.5, 0.6) is 0 Å². The lowest BCUT2D eigenvalue weighted by Crippen LogP contribution is -2.43. The lowest BCUT2D eigenvalue weighted by molar-refractivity contribution is -0.129. The first-order valence-corrected chi connectivity index (χ1v) is 8.91. The van der Waals surface area contributed by atoms with Crippen molar-refractivity contribution < 1.29 is 17.7 Å². The summed E-state index contributed by atoms with van der Waals surface area (Å²) in [5, 5.41) is 3.70. The number of carbonyl (C=O) groups is 1. The highest BCUT2D eigenvalue weighted by Gasteiger charge is 2.26. The molecule has 8 heteroatoms. The summed E-state index contributed by atoms with van der Waals surface area (Å²) in [5.41, 5.74) is 0. The highest BCUT2D eigenvalue weighted by Crippen LogP contribution is 2.18. The number of anilines is 1. The predicted octanol–water partition coefficient (Wildman–Crippen LogP) is 1.15. The Kier molecular flexibility index (Phi) is 4.87. The van der Waals surface area contributed by atoms with Gasteiger partial charge in [0.25, 0.3) is 0 Å². The molecule has 2 heterocycles. The van der Waals surface area contributed by atoms with Crippen LogP contribution in [0, 0.1) is 6.92 Å². The molecule has 1 saturated heterocycles. The van der Waals surface area contributed by atoms with Gasteiger partial charge in [-0.1, -0.05) is 18.0 Å². The molecule has 0 bridgehead atoms. The van der Waals surface area contributed by atoms with Crippen LogP contribution in [0.2, 0.25) is 0 Å². The number of aryl methyl sites for hydroxylation is 1. The van der Waals surface area contributed by atoms with Crippen LogP contribution in [0.15, 0.2) is 10.6 Å². The Balaban J connectivity index is 2.13. The van der Waals surface area contributed by atoms with Crippen molar-refractivity contribution in [1.82, 2.24) is 10.1 Å². The molecule has 0 radical (unpaired) electrons. The number of likely N-dealkylation sites (tertiary alicyclic amines) is 1. The molecule has 0 N–H and O–H groups in total. The summed E-state index contributed by atoms with van der Waals surface area (Å²) in [6, 6.07) is 1.51. The topological polar surface area (TPSA) is 83.7 Å². The molecule has 21 heavy (non-hydrogen) atoms. The third-order valence-corrected chi connectivity index (χ3v) is 4.63. The molecule has 0 saturated carbocycles. The van der Waals surface area contributed by atoms with Crippen LogP contribution in [0.4, 0.5) is 5.82 Å². The van der Waals surface area contributed by atoms with E-state index in [9.17, 15) is 13.2 Å². The quantitative estimate of drug-likeness (QED) is 0.832. The van der Waals surface area contributed by atoms with Crippen LogP contribution in [0.1, 0.15) is 31.4 Å². The van der Waals surface area contributed by atoms with Crippen LogP contribution in [-0.2, 0) is 14.8 Å². The van der Waals surface area contributed by atoms with Crippen LogP contribution in [0.25, 0.3) is 0 Å². The van der Waals surface area contributed by atoms with Crippen LogP contribution in [-0.4, -0.2) is 50.3 Å². The minimum atomic E-state index is -3.58. The van der Waals surface area contributed by atoms with Crippen molar-refractivity contribution in [3.8, 4) is 0 Å². The first-order chi connectivity index (χ1) is 9.88. The highest BCUT2D eigenvalue weighted by atomic mass is 32.2. The Morgan fingerprint density at radius 3 is 2.43 bits per heavy atom. The van der Waals surface area contributed by atoms with Gasteiger partial charge in [0.1, 0.15) is 12.3 Å². The molecule has 0 atom stereocenters. The molecule has 0 spiro atoms. The van der Waals surface area contributed by atoms with E-state index in [1.54, 1.807) is 11.8 Å². The van der Waals surface area contributed by atoms with E-state index in [1.807, 2.05) is 0 Å². The number of rotatable bonds is 4. The van der Waals surface area contributed by atoms with Crippen LogP contribution in [0.3, 0.4) is 0 Å². The Bertz CT molecular complexity index is 588. The van der Waals surface area contributed by atoms with Crippen molar-refractivity contribution >= 4 is 21.7 Å². The van der Waals surface area contributed by atoms with Gasteiger partial charge in [0.15, 0.2) is 5.82 Å². The molecular weight excluding hydrogens is 294 g/mol. The van der Waals surface area contributed by atoms with Gasteiger partial charge in [0.2, 0.25) is 15.9 Å². The molecule has 1 aliphatic rings. The second-order valence-corrected chi connectivity index (χ2v) is 7.27. The van der Waals surface area contributed by atoms with Gasteiger partial charge in [0, 0.05) is 19.2 Å². The van der Waals surface area contributed by atoms with Crippen molar-refractivity contribution in [2.75, 3.05) is 30.2 Å². The van der Waals surface area contributed by atoms with E-state index in [1.165, 1.54) is 6.07 Å². The minimum absolute atomic E-state index is 0.151. The summed E-state index contributed by atoms with van der Waals surface area (Å²) in [4.78, 5) is 14.1. The smallest absolute Gasteiger partial charge is 0.243 e. The van der Waals surface area contributed by atoms with Crippen molar-refractivity contribution in [2.24, 2.45) is 0 Å². The van der Waals surface area contributed by atoms with Gasteiger partial charge in [0.05, 0.1) is 6.26 Å². The SMILES string of the molecule is Cc1cc(N(CC(=O)N2CCCCCC2)S(C)(=O)=O)no1. The van der Waals surface area contributed by atoms with Gasteiger partial charge in [-0.05, 0) is 19.8 Å². The molecule has 0 unspecified atom stereocenters. The van der Waals surface area contributed by atoms with Gasteiger partial charge < -0.3 is 9.42 Å². The molecule has 0 aromatic carbocycles. The van der Waals surface area contributed by atoms with Crippen LogP contribution < -0.4 is 4.31 Å². The molecule has 0 aliphatic carbocycles. The number of nitrogens with zero attached hydrogens (tertiary/aromatic N) is 3. The molecule has 1 aromatic heterocycles. The number of sulfonamides is 1. The normalized spacial score (nSPS) is 16.6. The van der Waals surface area contributed by atoms with E-state index in [0.717, 1.165) is 36.2 Å². The Hall–Kier alpha value is -1.57. The molecule has 1 aromatic rings. The van der Waals surface area contributed by atoms with Gasteiger partial charge in [-0.15, -0.1) is 0 Å². The third kappa shape index (κ3) is 4.20. The maximum Gasteiger partial charge on any atom is 0.243 e. The molecule has 118 valence electrons. The Morgan fingerprint density at radius 1 is 1.33 bits per heavy atom. The summed E-state index contributed by atoms with van der Waals surface area (Å²) < 4.78 is 29.7. The van der Waals surface area contributed by atoms with E-state index in [2.05, 4.69) is 5.16 Å². The fourth-order valence-corrected chi connectivity index (χ4v) is 3.15.